The Morgan fingerprint density at radius 2 is 1.96 bits per heavy atom. The molecule has 5 heteroatoms. The lowest BCUT2D eigenvalue weighted by molar-refractivity contribution is 0.102. The van der Waals surface area contributed by atoms with Gasteiger partial charge in [0.1, 0.15) is 5.69 Å². The number of carbonyl (C=O) groups excluding carboxylic acids is 1. The molecule has 2 N–H and O–H groups in total. The summed E-state index contributed by atoms with van der Waals surface area (Å²) in [4.78, 5) is 21.3. The van der Waals surface area contributed by atoms with Gasteiger partial charge in [-0.15, -0.1) is 0 Å². The van der Waals surface area contributed by atoms with E-state index in [0.717, 1.165) is 36.3 Å². The van der Waals surface area contributed by atoms with E-state index >= 15 is 0 Å². The number of aryl methyl sites for hydroxylation is 1. The van der Waals surface area contributed by atoms with Crippen LogP contribution in [0.3, 0.4) is 0 Å². The highest BCUT2D eigenvalue weighted by molar-refractivity contribution is 6.03. The molecule has 1 aromatic carbocycles. The van der Waals surface area contributed by atoms with Crippen molar-refractivity contribution in [2.75, 3.05) is 17.2 Å². The molecule has 1 heterocycles. The van der Waals surface area contributed by atoms with Crippen LogP contribution in [0.2, 0.25) is 0 Å². The highest BCUT2D eigenvalue weighted by atomic mass is 16.1. The van der Waals surface area contributed by atoms with Crippen molar-refractivity contribution in [3.05, 3.63) is 47.3 Å². The molecule has 0 atom stereocenters. The van der Waals surface area contributed by atoms with Gasteiger partial charge in [0.2, 0.25) is 5.95 Å². The molecule has 2 aromatic rings. The summed E-state index contributed by atoms with van der Waals surface area (Å²) in [5.74, 6) is 0.623. The number of nitrogens with one attached hydrogen (secondary N) is 2. The number of amides is 1. The first kappa shape index (κ1) is 17.9. The molecular formula is C19H26N4O. The topological polar surface area (TPSA) is 66.9 Å². The first-order valence-electron chi connectivity index (χ1n) is 8.51. The second-order valence-electron chi connectivity index (χ2n) is 6.19. The molecule has 0 aliphatic carbocycles. The van der Waals surface area contributed by atoms with Gasteiger partial charge in [-0.1, -0.05) is 45.4 Å². The van der Waals surface area contributed by atoms with Gasteiger partial charge in [-0.25, -0.2) is 9.97 Å². The molecule has 1 amide bonds. The zero-order valence-electron chi connectivity index (χ0n) is 14.9. The third kappa shape index (κ3) is 4.78. The van der Waals surface area contributed by atoms with Gasteiger partial charge >= 0.3 is 0 Å². The van der Waals surface area contributed by atoms with Crippen LogP contribution < -0.4 is 10.6 Å². The predicted octanol–water partition coefficient (Wildman–Crippen LogP) is 4.37. The van der Waals surface area contributed by atoms with E-state index in [9.17, 15) is 4.79 Å². The normalized spacial score (nSPS) is 10.7. The minimum Gasteiger partial charge on any atom is -0.354 e. The Balaban J connectivity index is 2.18. The van der Waals surface area contributed by atoms with Gasteiger partial charge in [0, 0.05) is 17.9 Å². The number of hydrogen-bond acceptors (Lipinski definition) is 4. The average molecular weight is 326 g/mol. The Bertz CT molecular complexity index is 698. The van der Waals surface area contributed by atoms with Crippen molar-refractivity contribution < 1.29 is 4.79 Å². The zero-order valence-corrected chi connectivity index (χ0v) is 14.9. The van der Waals surface area contributed by atoms with E-state index in [1.165, 1.54) is 0 Å². The third-order valence-corrected chi connectivity index (χ3v) is 3.73. The Kier molecular flexibility index (Phi) is 6.29. The molecule has 0 saturated carbocycles. The molecule has 0 saturated heterocycles. The molecule has 1 aromatic heterocycles. The lowest BCUT2D eigenvalue weighted by Crippen LogP contribution is -2.17. The number of hydrogen-bond donors (Lipinski definition) is 2. The van der Waals surface area contributed by atoms with Crippen LogP contribution in [0.1, 0.15) is 61.3 Å². The van der Waals surface area contributed by atoms with Gasteiger partial charge in [0.15, 0.2) is 0 Å². The number of rotatable bonds is 7. The average Bonchev–Trinajstić information content (AvgIpc) is 2.55. The summed E-state index contributed by atoms with van der Waals surface area (Å²) >= 11 is 0. The van der Waals surface area contributed by atoms with Crippen LogP contribution in [0.15, 0.2) is 30.3 Å². The zero-order chi connectivity index (χ0) is 17.5. The maximum absolute atomic E-state index is 12.6. The summed E-state index contributed by atoms with van der Waals surface area (Å²) in [6, 6.07) is 9.56. The van der Waals surface area contributed by atoms with E-state index < -0.39 is 0 Å². The number of nitrogens with zero attached hydrogens (tertiary/aromatic N) is 2. The first-order chi connectivity index (χ1) is 11.5. The Hall–Kier alpha value is -2.43. The van der Waals surface area contributed by atoms with E-state index in [2.05, 4.69) is 41.4 Å². The summed E-state index contributed by atoms with van der Waals surface area (Å²) in [7, 11) is 0. The van der Waals surface area contributed by atoms with Crippen LogP contribution in [-0.2, 0) is 0 Å². The molecule has 0 aliphatic rings. The van der Waals surface area contributed by atoms with E-state index in [0.29, 0.717) is 17.6 Å². The molecule has 128 valence electrons. The van der Waals surface area contributed by atoms with Crippen LogP contribution in [-0.4, -0.2) is 22.4 Å². The van der Waals surface area contributed by atoms with Gasteiger partial charge in [0.25, 0.3) is 5.91 Å². The molecule has 24 heavy (non-hydrogen) atoms. The van der Waals surface area contributed by atoms with E-state index in [-0.39, 0.29) is 5.91 Å². The fourth-order valence-electron chi connectivity index (χ4n) is 2.44. The highest BCUT2D eigenvalue weighted by Gasteiger charge is 2.13. The number of benzene rings is 1. The molecule has 0 spiro atoms. The summed E-state index contributed by atoms with van der Waals surface area (Å²) < 4.78 is 0. The quantitative estimate of drug-likeness (QED) is 0.741. The first-order valence-corrected chi connectivity index (χ1v) is 8.51. The SMILES string of the molecule is CCCCNc1nc(C)cc(C(=O)Nc2ccccc2C(C)C)n1. The fourth-order valence-corrected chi connectivity index (χ4v) is 2.44. The monoisotopic (exact) mass is 326 g/mol. The number of aromatic nitrogens is 2. The summed E-state index contributed by atoms with van der Waals surface area (Å²) in [6.07, 6.45) is 2.14. The maximum atomic E-state index is 12.6. The van der Waals surface area contributed by atoms with Gasteiger partial charge in [-0.05, 0) is 37.0 Å². The van der Waals surface area contributed by atoms with Crippen molar-refractivity contribution in [3.63, 3.8) is 0 Å². The van der Waals surface area contributed by atoms with Crippen molar-refractivity contribution in [2.24, 2.45) is 0 Å². The minimum atomic E-state index is -0.216. The molecule has 0 fully saturated rings. The smallest absolute Gasteiger partial charge is 0.274 e. The fraction of sp³-hybridized carbons (Fsp3) is 0.421. The van der Waals surface area contributed by atoms with Crippen LogP contribution in [0.4, 0.5) is 11.6 Å². The number of unbranched alkanes of at least 4 members (excludes halogenated alkanes) is 1. The molecule has 5 nitrogen and oxygen atoms in total. The number of carbonyl (C=O) groups is 1. The molecule has 2 rings (SSSR count). The largest absolute Gasteiger partial charge is 0.354 e. The standard InChI is InChI=1S/C19H26N4O/c1-5-6-11-20-19-21-14(4)12-17(23-19)18(24)22-16-10-8-7-9-15(16)13(2)3/h7-10,12-13H,5-6,11H2,1-4H3,(H,22,24)(H,20,21,23). The highest BCUT2D eigenvalue weighted by Crippen LogP contribution is 2.24. The number of para-hydroxylation sites is 1. The Morgan fingerprint density at radius 3 is 2.67 bits per heavy atom. The molecule has 0 unspecified atom stereocenters. The van der Waals surface area contributed by atoms with E-state index in [1.807, 2.05) is 31.2 Å². The predicted molar refractivity (Wildman–Crippen MR) is 98.7 cm³/mol. The van der Waals surface area contributed by atoms with Crippen LogP contribution >= 0.6 is 0 Å². The summed E-state index contributed by atoms with van der Waals surface area (Å²) in [5.41, 5.74) is 3.08. The maximum Gasteiger partial charge on any atom is 0.274 e. The Labute approximate surface area is 143 Å². The molecule has 0 bridgehead atoms. The lowest BCUT2D eigenvalue weighted by Gasteiger charge is -2.14. The second-order valence-corrected chi connectivity index (χ2v) is 6.19. The molecule has 0 aliphatic heterocycles. The van der Waals surface area contributed by atoms with Crippen LogP contribution in [0.25, 0.3) is 0 Å². The Morgan fingerprint density at radius 1 is 1.21 bits per heavy atom. The summed E-state index contributed by atoms with van der Waals surface area (Å²) in [6.45, 7) is 9.01. The van der Waals surface area contributed by atoms with Gasteiger partial charge in [-0.3, -0.25) is 4.79 Å². The number of anilines is 2. The lowest BCUT2D eigenvalue weighted by atomic mass is 10.0. The van der Waals surface area contributed by atoms with Crippen molar-refractivity contribution >= 4 is 17.5 Å². The van der Waals surface area contributed by atoms with Crippen LogP contribution in [0, 0.1) is 6.92 Å². The van der Waals surface area contributed by atoms with Gasteiger partial charge < -0.3 is 10.6 Å². The third-order valence-electron chi connectivity index (χ3n) is 3.73. The molecular weight excluding hydrogens is 300 g/mol. The van der Waals surface area contributed by atoms with Crippen LogP contribution in [0.5, 0.6) is 0 Å². The minimum absolute atomic E-state index is 0.216. The molecule has 0 radical (unpaired) electrons. The van der Waals surface area contributed by atoms with Crippen molar-refractivity contribution in [3.8, 4) is 0 Å². The van der Waals surface area contributed by atoms with Gasteiger partial charge in [-0.2, -0.15) is 0 Å². The second kappa shape index (κ2) is 8.43. The van der Waals surface area contributed by atoms with Crippen molar-refractivity contribution in [2.45, 2.75) is 46.5 Å². The van der Waals surface area contributed by atoms with E-state index in [1.54, 1.807) is 6.07 Å². The summed E-state index contributed by atoms with van der Waals surface area (Å²) in [5, 5.41) is 6.15. The van der Waals surface area contributed by atoms with Crippen molar-refractivity contribution in [1.29, 1.82) is 0 Å². The van der Waals surface area contributed by atoms with Crippen molar-refractivity contribution in [1.82, 2.24) is 9.97 Å². The van der Waals surface area contributed by atoms with E-state index in [4.69, 9.17) is 0 Å². The van der Waals surface area contributed by atoms with Gasteiger partial charge in [0.05, 0.1) is 0 Å².